The summed E-state index contributed by atoms with van der Waals surface area (Å²) in [6.07, 6.45) is 0.0525. The molecule has 2 aromatic rings. The molecule has 0 aliphatic carbocycles. The maximum absolute atomic E-state index is 11.9. The molecule has 0 fully saturated rings. The summed E-state index contributed by atoms with van der Waals surface area (Å²) in [6, 6.07) is 12.0. The fourth-order valence-electron chi connectivity index (χ4n) is 2.16. The van der Waals surface area contributed by atoms with Crippen LogP contribution < -0.4 is 5.32 Å². The van der Waals surface area contributed by atoms with E-state index < -0.39 is 5.97 Å². The monoisotopic (exact) mass is 313 g/mol. The van der Waals surface area contributed by atoms with Gasteiger partial charge < -0.3 is 15.2 Å². The van der Waals surface area contributed by atoms with E-state index in [9.17, 15) is 14.7 Å². The van der Waals surface area contributed by atoms with Crippen molar-refractivity contribution in [2.24, 2.45) is 0 Å². The van der Waals surface area contributed by atoms with Crippen molar-refractivity contribution in [3.63, 3.8) is 0 Å². The van der Waals surface area contributed by atoms with E-state index in [4.69, 9.17) is 4.74 Å². The number of rotatable bonds is 5. The van der Waals surface area contributed by atoms with Crippen molar-refractivity contribution < 1.29 is 19.4 Å². The lowest BCUT2D eigenvalue weighted by Gasteiger charge is -2.11. The molecule has 5 nitrogen and oxygen atoms in total. The van der Waals surface area contributed by atoms with E-state index in [-0.39, 0.29) is 24.7 Å². The minimum Gasteiger partial charge on any atom is -0.508 e. The summed E-state index contributed by atoms with van der Waals surface area (Å²) in [5, 5.41) is 11.9. The minimum atomic E-state index is -0.493. The van der Waals surface area contributed by atoms with E-state index in [1.165, 1.54) is 12.1 Å². The van der Waals surface area contributed by atoms with Crippen molar-refractivity contribution in [3.05, 3.63) is 59.2 Å². The van der Waals surface area contributed by atoms with Gasteiger partial charge in [-0.05, 0) is 42.7 Å². The Labute approximate surface area is 134 Å². The van der Waals surface area contributed by atoms with Gasteiger partial charge in [0.2, 0.25) is 0 Å². The van der Waals surface area contributed by atoms with Crippen LogP contribution in [0, 0.1) is 13.8 Å². The Morgan fingerprint density at radius 2 is 1.65 bits per heavy atom. The second-order valence-corrected chi connectivity index (χ2v) is 5.32. The molecule has 0 bridgehead atoms. The molecule has 0 saturated carbocycles. The summed E-state index contributed by atoms with van der Waals surface area (Å²) in [7, 11) is 0. The number of esters is 1. The van der Waals surface area contributed by atoms with Crippen molar-refractivity contribution in [3.8, 4) is 5.75 Å². The fourth-order valence-corrected chi connectivity index (χ4v) is 2.16. The first-order chi connectivity index (χ1) is 11.0. The second-order valence-electron chi connectivity index (χ2n) is 5.32. The van der Waals surface area contributed by atoms with Crippen molar-refractivity contribution in [1.82, 2.24) is 0 Å². The molecule has 23 heavy (non-hydrogen) atoms. The maximum Gasteiger partial charge on any atom is 0.310 e. The topological polar surface area (TPSA) is 75.6 Å². The van der Waals surface area contributed by atoms with E-state index in [2.05, 4.69) is 5.32 Å². The predicted octanol–water partition coefficient (Wildman–Crippen LogP) is 2.73. The summed E-state index contributed by atoms with van der Waals surface area (Å²) in [4.78, 5) is 23.6. The van der Waals surface area contributed by atoms with Crippen molar-refractivity contribution in [2.45, 2.75) is 20.3 Å². The van der Waals surface area contributed by atoms with Crippen molar-refractivity contribution >= 4 is 17.6 Å². The standard InChI is InChI=1S/C18H19NO4/c1-12-4-3-5-13(2)18(12)19-16(21)11-23-17(22)10-14-6-8-15(20)9-7-14/h3-9,20H,10-11H2,1-2H3,(H,19,21). The molecule has 0 unspecified atom stereocenters. The van der Waals surface area contributed by atoms with Gasteiger partial charge in [0.15, 0.2) is 6.61 Å². The molecule has 0 atom stereocenters. The molecular formula is C18H19NO4. The van der Waals surface area contributed by atoms with E-state index in [1.807, 2.05) is 32.0 Å². The van der Waals surface area contributed by atoms with Gasteiger partial charge in [0, 0.05) is 5.69 Å². The summed E-state index contributed by atoms with van der Waals surface area (Å²) in [5.74, 6) is -0.733. The molecular weight excluding hydrogens is 294 g/mol. The van der Waals surface area contributed by atoms with Gasteiger partial charge in [-0.15, -0.1) is 0 Å². The van der Waals surface area contributed by atoms with Gasteiger partial charge in [-0.3, -0.25) is 9.59 Å². The number of phenols is 1. The van der Waals surface area contributed by atoms with Gasteiger partial charge in [0.1, 0.15) is 5.75 Å². The smallest absolute Gasteiger partial charge is 0.310 e. The van der Waals surface area contributed by atoms with Crippen LogP contribution in [0.15, 0.2) is 42.5 Å². The third kappa shape index (κ3) is 4.85. The first-order valence-corrected chi connectivity index (χ1v) is 7.25. The Morgan fingerprint density at radius 3 is 2.26 bits per heavy atom. The lowest BCUT2D eigenvalue weighted by molar-refractivity contribution is -0.146. The van der Waals surface area contributed by atoms with Gasteiger partial charge >= 0.3 is 5.97 Å². The summed E-state index contributed by atoms with van der Waals surface area (Å²) in [6.45, 7) is 3.48. The number of carbonyl (C=O) groups is 2. The van der Waals surface area contributed by atoms with Crippen molar-refractivity contribution in [2.75, 3.05) is 11.9 Å². The molecule has 0 heterocycles. The lowest BCUT2D eigenvalue weighted by atomic mass is 10.1. The first-order valence-electron chi connectivity index (χ1n) is 7.25. The van der Waals surface area contributed by atoms with Crippen LogP contribution in [0.1, 0.15) is 16.7 Å². The Kier molecular flexibility index (Phi) is 5.36. The van der Waals surface area contributed by atoms with E-state index in [0.29, 0.717) is 5.56 Å². The molecule has 0 saturated heterocycles. The quantitative estimate of drug-likeness (QED) is 0.832. The van der Waals surface area contributed by atoms with Gasteiger partial charge in [0.25, 0.3) is 5.91 Å². The zero-order valence-electron chi connectivity index (χ0n) is 13.1. The molecule has 120 valence electrons. The average molecular weight is 313 g/mol. The fraction of sp³-hybridized carbons (Fsp3) is 0.222. The number of phenolic OH excluding ortho intramolecular Hbond substituents is 1. The highest BCUT2D eigenvalue weighted by Gasteiger charge is 2.11. The molecule has 2 N–H and O–H groups in total. The average Bonchev–Trinajstić information content (AvgIpc) is 2.51. The minimum absolute atomic E-state index is 0.0525. The van der Waals surface area contributed by atoms with Crippen LogP contribution in [0.5, 0.6) is 5.75 Å². The normalized spacial score (nSPS) is 10.2. The number of amides is 1. The zero-order valence-corrected chi connectivity index (χ0v) is 13.1. The van der Waals surface area contributed by atoms with Gasteiger partial charge in [-0.25, -0.2) is 0 Å². The first kappa shape index (κ1) is 16.5. The third-order valence-corrected chi connectivity index (χ3v) is 3.39. The Morgan fingerprint density at radius 1 is 1.04 bits per heavy atom. The largest absolute Gasteiger partial charge is 0.508 e. The highest BCUT2D eigenvalue weighted by Crippen LogP contribution is 2.19. The highest BCUT2D eigenvalue weighted by molar-refractivity contribution is 5.94. The number of anilines is 1. The molecule has 0 aliphatic heterocycles. The predicted molar refractivity (Wildman–Crippen MR) is 87.3 cm³/mol. The number of benzene rings is 2. The van der Waals surface area contributed by atoms with Crippen LogP contribution in [0.4, 0.5) is 5.69 Å². The molecule has 0 spiro atoms. The third-order valence-electron chi connectivity index (χ3n) is 3.39. The van der Waals surface area contributed by atoms with Crippen LogP contribution >= 0.6 is 0 Å². The maximum atomic E-state index is 11.9. The number of hydrogen-bond acceptors (Lipinski definition) is 4. The Hall–Kier alpha value is -2.82. The molecule has 5 heteroatoms. The molecule has 2 rings (SSSR count). The van der Waals surface area contributed by atoms with E-state index >= 15 is 0 Å². The van der Waals surface area contributed by atoms with E-state index in [0.717, 1.165) is 16.8 Å². The van der Waals surface area contributed by atoms with Crippen LogP contribution in [0.3, 0.4) is 0 Å². The number of nitrogens with one attached hydrogen (secondary N) is 1. The number of carbonyl (C=O) groups excluding carboxylic acids is 2. The number of aromatic hydroxyl groups is 1. The summed E-state index contributed by atoms with van der Waals surface area (Å²) in [5.41, 5.74) is 3.36. The van der Waals surface area contributed by atoms with Gasteiger partial charge in [-0.2, -0.15) is 0 Å². The van der Waals surface area contributed by atoms with E-state index in [1.54, 1.807) is 12.1 Å². The second kappa shape index (κ2) is 7.45. The molecule has 0 aliphatic rings. The molecule has 2 aromatic carbocycles. The van der Waals surface area contributed by atoms with Crippen molar-refractivity contribution in [1.29, 1.82) is 0 Å². The summed E-state index contributed by atoms with van der Waals surface area (Å²) < 4.78 is 4.98. The number of aryl methyl sites for hydroxylation is 2. The highest BCUT2D eigenvalue weighted by atomic mass is 16.5. The zero-order chi connectivity index (χ0) is 16.8. The molecule has 0 radical (unpaired) electrons. The number of hydrogen-bond donors (Lipinski definition) is 2. The van der Waals surface area contributed by atoms with Crippen LogP contribution in [0.2, 0.25) is 0 Å². The number of ether oxygens (including phenoxy) is 1. The Balaban J connectivity index is 1.84. The Bertz CT molecular complexity index is 687. The molecule has 1 amide bonds. The lowest BCUT2D eigenvalue weighted by Crippen LogP contribution is -2.22. The summed E-state index contributed by atoms with van der Waals surface area (Å²) >= 11 is 0. The number of para-hydroxylation sites is 1. The van der Waals surface area contributed by atoms with Gasteiger partial charge in [0.05, 0.1) is 6.42 Å². The molecule has 0 aromatic heterocycles. The van der Waals surface area contributed by atoms with Gasteiger partial charge in [-0.1, -0.05) is 30.3 Å². The van der Waals surface area contributed by atoms with Crippen LogP contribution in [-0.2, 0) is 20.7 Å². The van der Waals surface area contributed by atoms with Crippen LogP contribution in [0.25, 0.3) is 0 Å². The SMILES string of the molecule is Cc1cccc(C)c1NC(=O)COC(=O)Cc1ccc(O)cc1. The van der Waals surface area contributed by atoms with Crippen LogP contribution in [-0.4, -0.2) is 23.6 Å².